The summed E-state index contributed by atoms with van der Waals surface area (Å²) in [6.07, 6.45) is 0.669. The second-order valence-electron chi connectivity index (χ2n) is 5.82. The molecular weight excluding hydrogens is 443 g/mol. The molecule has 0 radical (unpaired) electrons. The Morgan fingerprint density at radius 1 is 0.964 bits per heavy atom. The lowest BCUT2D eigenvalue weighted by molar-refractivity contribution is 0.614. The summed E-state index contributed by atoms with van der Waals surface area (Å²) in [5, 5.41) is 4.06. The summed E-state index contributed by atoms with van der Waals surface area (Å²) in [4.78, 5) is 8.67. The molecule has 0 fully saturated rings. The normalized spacial score (nSPS) is 11.0. The maximum atomic E-state index is 10.9. The molecule has 3 aromatic rings. The van der Waals surface area contributed by atoms with E-state index in [4.69, 9.17) is 40.5 Å². The number of nitrogens with two attached hydrogens (primary N) is 1. The highest BCUT2D eigenvalue weighted by molar-refractivity contribution is 7.72. The Hall–Kier alpha value is -2.06. The molecule has 0 aliphatic heterocycles. The van der Waals surface area contributed by atoms with E-state index in [1.807, 2.05) is 0 Å². The number of anilines is 2. The van der Waals surface area contributed by atoms with Gasteiger partial charge in [-0.3, -0.25) is 0 Å². The smallest absolute Gasteiger partial charge is 0.222 e. The van der Waals surface area contributed by atoms with Crippen LogP contribution in [0, 0.1) is 0 Å². The van der Waals surface area contributed by atoms with E-state index >= 15 is 0 Å². The monoisotopic (exact) mass is 456 g/mol. The summed E-state index contributed by atoms with van der Waals surface area (Å²) >= 11 is 18.3. The third-order valence-electron chi connectivity index (χ3n) is 3.92. The molecule has 0 aliphatic carbocycles. The fourth-order valence-electron chi connectivity index (χ4n) is 2.54. The molecule has 0 amide bonds. The van der Waals surface area contributed by atoms with E-state index in [2.05, 4.69) is 15.3 Å². The number of benzene rings is 2. The first-order valence-electron chi connectivity index (χ1n) is 8.11. The number of nitrogens with zero attached hydrogens (tertiary/aromatic N) is 2. The second-order valence-corrected chi connectivity index (χ2v) is 8.01. The van der Waals surface area contributed by atoms with Crippen molar-refractivity contribution in [3.8, 4) is 11.3 Å². The number of hydrogen-bond donors (Lipinski definition) is 3. The van der Waals surface area contributed by atoms with Gasteiger partial charge in [-0.05, 0) is 36.2 Å². The SMILES string of the molecule is Nc1nc(NCCc2ccc([SH](=O)=O)cc2)cc(-c2ccc(Cl)c(Cl)c2Cl)n1. The van der Waals surface area contributed by atoms with Crippen LogP contribution in [0.3, 0.4) is 0 Å². The van der Waals surface area contributed by atoms with Gasteiger partial charge in [-0.2, -0.15) is 4.98 Å². The average molecular weight is 458 g/mol. The van der Waals surface area contributed by atoms with Crippen LogP contribution in [-0.4, -0.2) is 24.9 Å². The molecule has 2 aromatic carbocycles. The predicted molar refractivity (Wildman–Crippen MR) is 114 cm³/mol. The summed E-state index contributed by atoms with van der Waals surface area (Å²) in [6.45, 7) is 0.563. The number of nitrogen functional groups attached to an aromatic ring is 1. The minimum absolute atomic E-state index is 0.0886. The van der Waals surface area contributed by atoms with E-state index in [1.165, 1.54) is 0 Å². The maximum Gasteiger partial charge on any atom is 0.222 e. The van der Waals surface area contributed by atoms with Crippen molar-refractivity contribution in [3.63, 3.8) is 0 Å². The van der Waals surface area contributed by atoms with Crippen LogP contribution >= 0.6 is 34.8 Å². The number of thiol groups is 1. The van der Waals surface area contributed by atoms with Crippen LogP contribution in [0.5, 0.6) is 0 Å². The first kappa shape index (κ1) is 20.7. The lowest BCUT2D eigenvalue weighted by Gasteiger charge is -2.11. The van der Waals surface area contributed by atoms with Crippen molar-refractivity contribution in [2.24, 2.45) is 0 Å². The van der Waals surface area contributed by atoms with E-state index < -0.39 is 10.7 Å². The largest absolute Gasteiger partial charge is 0.370 e. The predicted octanol–water partition coefficient (Wildman–Crippen LogP) is 4.31. The van der Waals surface area contributed by atoms with Gasteiger partial charge in [-0.15, -0.1) is 0 Å². The quantitative estimate of drug-likeness (QED) is 0.377. The minimum Gasteiger partial charge on any atom is -0.370 e. The van der Waals surface area contributed by atoms with Gasteiger partial charge >= 0.3 is 0 Å². The third-order valence-corrected chi connectivity index (χ3v) is 5.93. The highest BCUT2D eigenvalue weighted by Crippen LogP contribution is 2.37. The van der Waals surface area contributed by atoms with Crippen LogP contribution in [-0.2, 0) is 17.1 Å². The zero-order chi connectivity index (χ0) is 20.3. The molecule has 146 valence electrons. The number of hydrogen-bond acceptors (Lipinski definition) is 6. The molecule has 1 aromatic heterocycles. The van der Waals surface area contributed by atoms with Gasteiger partial charge in [0, 0.05) is 18.2 Å². The first-order valence-corrected chi connectivity index (χ1v) is 10.4. The molecule has 10 heteroatoms. The highest BCUT2D eigenvalue weighted by atomic mass is 35.5. The van der Waals surface area contributed by atoms with Gasteiger partial charge in [-0.1, -0.05) is 46.9 Å². The first-order chi connectivity index (χ1) is 13.3. The third kappa shape index (κ3) is 4.86. The second kappa shape index (κ2) is 8.96. The molecule has 3 rings (SSSR count). The Morgan fingerprint density at radius 2 is 1.68 bits per heavy atom. The van der Waals surface area contributed by atoms with Gasteiger partial charge in [0.15, 0.2) is 10.7 Å². The Morgan fingerprint density at radius 3 is 2.36 bits per heavy atom. The van der Waals surface area contributed by atoms with Crippen molar-refractivity contribution in [2.75, 3.05) is 17.6 Å². The highest BCUT2D eigenvalue weighted by Gasteiger charge is 2.13. The fraction of sp³-hybridized carbons (Fsp3) is 0.111. The molecule has 0 saturated heterocycles. The summed E-state index contributed by atoms with van der Waals surface area (Å²) in [7, 11) is -2.57. The zero-order valence-electron chi connectivity index (χ0n) is 14.3. The van der Waals surface area contributed by atoms with Crippen LogP contribution in [0.15, 0.2) is 47.4 Å². The minimum atomic E-state index is -2.57. The topological polar surface area (TPSA) is 98.0 Å². The van der Waals surface area contributed by atoms with Crippen LogP contribution in [0.2, 0.25) is 15.1 Å². The van der Waals surface area contributed by atoms with Gasteiger partial charge in [0.1, 0.15) is 5.82 Å². The Kier molecular flexibility index (Phi) is 6.61. The standard InChI is InChI=1S/C18H15Cl3N4O2S/c19-13-6-5-12(16(20)17(13)21)14-9-15(25-18(22)24-14)23-8-7-10-1-3-11(4-2-10)28(26)27/h1-6,9,28H,7-8H2,(H3,22,23,24,25). The average Bonchev–Trinajstić information content (AvgIpc) is 2.66. The van der Waals surface area contributed by atoms with Gasteiger partial charge in [0.25, 0.3) is 0 Å². The summed E-state index contributed by atoms with van der Waals surface area (Å²) in [6, 6.07) is 11.8. The molecule has 0 saturated carbocycles. The summed E-state index contributed by atoms with van der Waals surface area (Å²) < 4.78 is 21.9. The van der Waals surface area contributed by atoms with Crippen molar-refractivity contribution in [1.82, 2.24) is 9.97 Å². The van der Waals surface area contributed by atoms with Gasteiger partial charge in [-0.25, -0.2) is 13.4 Å². The molecule has 0 atom stereocenters. The Balaban J connectivity index is 1.74. The molecule has 3 N–H and O–H groups in total. The number of rotatable bonds is 6. The van der Waals surface area contributed by atoms with Crippen molar-refractivity contribution >= 4 is 57.3 Å². The Labute approximate surface area is 178 Å². The fourth-order valence-corrected chi connectivity index (χ4v) is 3.56. The number of halogens is 3. The van der Waals surface area contributed by atoms with Crippen molar-refractivity contribution in [1.29, 1.82) is 0 Å². The van der Waals surface area contributed by atoms with Gasteiger partial charge in [0.2, 0.25) is 5.95 Å². The molecule has 6 nitrogen and oxygen atoms in total. The summed E-state index contributed by atoms with van der Waals surface area (Å²) in [5.74, 6) is 0.620. The van der Waals surface area contributed by atoms with Crippen molar-refractivity contribution < 1.29 is 8.42 Å². The lowest BCUT2D eigenvalue weighted by Crippen LogP contribution is -2.08. The van der Waals surface area contributed by atoms with E-state index in [0.717, 1.165) is 5.56 Å². The molecule has 28 heavy (non-hydrogen) atoms. The molecule has 0 spiro atoms. The van der Waals surface area contributed by atoms with Crippen molar-refractivity contribution in [2.45, 2.75) is 11.3 Å². The summed E-state index contributed by atoms with van der Waals surface area (Å²) in [5.41, 5.74) is 7.92. The molecule has 0 aliphatic rings. The van der Waals surface area contributed by atoms with E-state index in [0.29, 0.717) is 40.0 Å². The van der Waals surface area contributed by atoms with E-state index in [9.17, 15) is 8.42 Å². The van der Waals surface area contributed by atoms with Crippen LogP contribution < -0.4 is 11.1 Å². The Bertz CT molecular complexity index is 1080. The maximum absolute atomic E-state index is 10.9. The number of aromatic nitrogens is 2. The van der Waals surface area contributed by atoms with Crippen LogP contribution in [0.25, 0.3) is 11.3 Å². The number of nitrogens with one attached hydrogen (secondary N) is 1. The van der Waals surface area contributed by atoms with Crippen LogP contribution in [0.4, 0.5) is 11.8 Å². The van der Waals surface area contributed by atoms with E-state index in [-0.39, 0.29) is 16.0 Å². The van der Waals surface area contributed by atoms with Gasteiger partial charge in [0.05, 0.1) is 25.7 Å². The van der Waals surface area contributed by atoms with Crippen LogP contribution in [0.1, 0.15) is 5.56 Å². The molecule has 1 heterocycles. The molecule has 0 bridgehead atoms. The molecular formula is C18H15Cl3N4O2S. The van der Waals surface area contributed by atoms with Gasteiger partial charge < -0.3 is 11.1 Å². The zero-order valence-corrected chi connectivity index (χ0v) is 17.5. The van der Waals surface area contributed by atoms with E-state index in [1.54, 1.807) is 42.5 Å². The molecule has 0 unspecified atom stereocenters. The van der Waals surface area contributed by atoms with Crippen molar-refractivity contribution in [3.05, 3.63) is 63.1 Å². The lowest BCUT2D eigenvalue weighted by atomic mass is 10.1.